The van der Waals surface area contributed by atoms with Crippen LogP contribution in [-0.2, 0) is 9.47 Å². The van der Waals surface area contributed by atoms with Crippen molar-refractivity contribution in [3.05, 3.63) is 41.7 Å². The van der Waals surface area contributed by atoms with Crippen LogP contribution in [0.2, 0.25) is 0 Å². The Bertz CT molecular complexity index is 368. The number of unbranched alkanes of at least 4 members (excludes halogenated alkanes) is 1. The van der Waals surface area contributed by atoms with Crippen LogP contribution in [0.5, 0.6) is 0 Å². The molecule has 0 atom stereocenters. The monoisotopic (exact) mass is 234 g/mol. The quantitative estimate of drug-likeness (QED) is 0.439. The first-order valence-corrected chi connectivity index (χ1v) is 5.80. The van der Waals surface area contributed by atoms with Gasteiger partial charge >= 0.3 is 6.16 Å². The molecule has 0 aromatic heterocycles. The molecule has 0 aliphatic carbocycles. The van der Waals surface area contributed by atoms with Gasteiger partial charge in [0.05, 0.1) is 6.61 Å². The Labute approximate surface area is 102 Å². The second-order valence-electron chi connectivity index (χ2n) is 3.72. The van der Waals surface area contributed by atoms with E-state index in [-0.39, 0.29) is 0 Å². The van der Waals surface area contributed by atoms with E-state index < -0.39 is 6.16 Å². The maximum Gasteiger partial charge on any atom is 0.513 e. The topological polar surface area (TPSA) is 35.5 Å². The minimum absolute atomic E-state index is 0.411. The highest BCUT2D eigenvalue weighted by atomic mass is 16.7. The van der Waals surface area contributed by atoms with E-state index in [1.165, 1.54) is 0 Å². The van der Waals surface area contributed by atoms with Crippen molar-refractivity contribution in [3.63, 3.8) is 0 Å². The molecule has 3 nitrogen and oxygen atoms in total. The van der Waals surface area contributed by atoms with Crippen LogP contribution in [0.3, 0.4) is 0 Å². The minimum atomic E-state index is -0.636. The van der Waals surface area contributed by atoms with Crippen LogP contribution < -0.4 is 0 Å². The molecule has 17 heavy (non-hydrogen) atoms. The second kappa shape index (κ2) is 7.49. The maximum atomic E-state index is 11.2. The van der Waals surface area contributed by atoms with Gasteiger partial charge < -0.3 is 9.47 Å². The molecule has 92 valence electrons. The first-order chi connectivity index (χ1) is 8.22. The van der Waals surface area contributed by atoms with Crippen LogP contribution in [0, 0.1) is 0 Å². The van der Waals surface area contributed by atoms with Crippen molar-refractivity contribution >= 4 is 12.2 Å². The highest BCUT2D eigenvalue weighted by Crippen LogP contribution is 2.08. The number of ether oxygens (including phenoxy) is 2. The molecule has 0 N–H and O–H groups in total. The number of allylic oxidation sites excluding steroid dienone is 1. The fraction of sp³-hybridized carbons (Fsp3) is 0.357. The molecule has 0 heterocycles. The van der Waals surface area contributed by atoms with Crippen molar-refractivity contribution in [1.82, 2.24) is 0 Å². The molecule has 0 saturated heterocycles. The average molecular weight is 234 g/mol. The van der Waals surface area contributed by atoms with Crippen LogP contribution in [0.15, 0.2) is 36.1 Å². The van der Waals surface area contributed by atoms with E-state index in [2.05, 4.69) is 0 Å². The molecule has 0 spiro atoms. The molecule has 0 amide bonds. The highest BCUT2D eigenvalue weighted by molar-refractivity contribution is 5.63. The van der Waals surface area contributed by atoms with Crippen molar-refractivity contribution in [2.24, 2.45) is 0 Å². The summed E-state index contributed by atoms with van der Waals surface area (Å²) in [6.45, 7) is 4.18. The third-order valence-corrected chi connectivity index (χ3v) is 2.13. The number of hydrogen-bond donors (Lipinski definition) is 0. The zero-order chi connectivity index (χ0) is 12.5. The largest absolute Gasteiger partial charge is 0.513 e. The Balaban J connectivity index is 2.41. The van der Waals surface area contributed by atoms with Gasteiger partial charge in [-0.25, -0.2) is 4.79 Å². The lowest BCUT2D eigenvalue weighted by molar-refractivity contribution is 0.0771. The van der Waals surface area contributed by atoms with Gasteiger partial charge in [0, 0.05) is 0 Å². The molecular formula is C14H18O3. The molecular weight excluding hydrogens is 216 g/mol. The summed E-state index contributed by atoms with van der Waals surface area (Å²) in [5, 5.41) is 0. The number of carbonyl (C=O) groups is 1. The lowest BCUT2D eigenvalue weighted by atomic mass is 10.2. The summed E-state index contributed by atoms with van der Waals surface area (Å²) in [5.74, 6) is 0.526. The molecule has 0 aliphatic heterocycles. The van der Waals surface area contributed by atoms with E-state index >= 15 is 0 Å². The first-order valence-electron chi connectivity index (χ1n) is 5.80. The molecule has 0 aliphatic rings. The van der Waals surface area contributed by atoms with E-state index in [4.69, 9.17) is 9.47 Å². The lowest BCUT2D eigenvalue weighted by Crippen LogP contribution is -2.07. The van der Waals surface area contributed by atoms with Gasteiger partial charge in [-0.15, -0.1) is 0 Å². The first kappa shape index (κ1) is 13.3. The normalized spacial score (nSPS) is 11.1. The van der Waals surface area contributed by atoms with Crippen molar-refractivity contribution in [3.8, 4) is 0 Å². The fourth-order valence-electron chi connectivity index (χ4n) is 1.27. The minimum Gasteiger partial charge on any atom is -0.434 e. The van der Waals surface area contributed by atoms with Gasteiger partial charge in [0.2, 0.25) is 0 Å². The lowest BCUT2D eigenvalue weighted by Gasteiger charge is -2.05. The number of carbonyl (C=O) groups excluding carboxylic acids is 1. The van der Waals surface area contributed by atoms with Gasteiger partial charge in [0.15, 0.2) is 0 Å². The number of hydrogen-bond acceptors (Lipinski definition) is 3. The van der Waals surface area contributed by atoms with Gasteiger partial charge in [-0.3, -0.25) is 0 Å². The molecule has 3 heteroatoms. The third kappa shape index (κ3) is 5.76. The zero-order valence-electron chi connectivity index (χ0n) is 10.3. The van der Waals surface area contributed by atoms with Gasteiger partial charge in [-0.1, -0.05) is 43.7 Å². The summed E-state index contributed by atoms with van der Waals surface area (Å²) < 4.78 is 9.89. The second-order valence-corrected chi connectivity index (χ2v) is 3.72. The molecule has 1 rings (SSSR count). The smallest absolute Gasteiger partial charge is 0.434 e. The standard InChI is InChI=1S/C14H18O3/c1-3-4-10-16-14(15)17-12(2)11-13-8-6-5-7-9-13/h5-9,11H,3-4,10H2,1-2H3. The summed E-state index contributed by atoms with van der Waals surface area (Å²) in [6.07, 6.45) is 3.01. The van der Waals surface area contributed by atoms with Gasteiger partial charge in [-0.2, -0.15) is 0 Å². The zero-order valence-corrected chi connectivity index (χ0v) is 10.3. The SMILES string of the molecule is CCCCOC(=O)OC(C)=Cc1ccccc1. The predicted molar refractivity (Wildman–Crippen MR) is 67.4 cm³/mol. The molecule has 0 radical (unpaired) electrons. The third-order valence-electron chi connectivity index (χ3n) is 2.13. The highest BCUT2D eigenvalue weighted by Gasteiger charge is 2.04. The fourth-order valence-corrected chi connectivity index (χ4v) is 1.27. The number of benzene rings is 1. The van der Waals surface area contributed by atoms with Crippen LogP contribution in [0.25, 0.3) is 6.08 Å². The Hall–Kier alpha value is -1.77. The summed E-state index contributed by atoms with van der Waals surface area (Å²) in [4.78, 5) is 11.2. The molecule has 1 aromatic rings. The Morgan fingerprint density at radius 3 is 2.65 bits per heavy atom. The van der Waals surface area contributed by atoms with E-state index in [0.29, 0.717) is 12.4 Å². The molecule has 0 unspecified atom stereocenters. The average Bonchev–Trinajstić information content (AvgIpc) is 2.30. The number of rotatable bonds is 5. The van der Waals surface area contributed by atoms with E-state index in [0.717, 1.165) is 18.4 Å². The molecule has 0 fully saturated rings. The predicted octanol–water partition coefficient (Wildman–Crippen LogP) is 4.00. The summed E-state index contributed by atoms with van der Waals surface area (Å²) >= 11 is 0. The van der Waals surface area contributed by atoms with E-state index in [1.54, 1.807) is 13.0 Å². The summed E-state index contributed by atoms with van der Waals surface area (Å²) in [7, 11) is 0. The van der Waals surface area contributed by atoms with Crippen molar-refractivity contribution in [2.45, 2.75) is 26.7 Å². The molecule has 1 aromatic carbocycles. The van der Waals surface area contributed by atoms with Crippen LogP contribution >= 0.6 is 0 Å². The Morgan fingerprint density at radius 1 is 1.29 bits per heavy atom. The van der Waals surface area contributed by atoms with Crippen LogP contribution in [0.1, 0.15) is 32.3 Å². The molecule has 0 bridgehead atoms. The van der Waals surface area contributed by atoms with E-state index in [9.17, 15) is 4.79 Å². The van der Waals surface area contributed by atoms with Crippen LogP contribution in [0.4, 0.5) is 4.79 Å². The van der Waals surface area contributed by atoms with Crippen molar-refractivity contribution in [1.29, 1.82) is 0 Å². The van der Waals surface area contributed by atoms with Gasteiger partial charge in [-0.05, 0) is 25.0 Å². The summed E-state index contributed by atoms with van der Waals surface area (Å²) in [6, 6.07) is 9.68. The maximum absolute atomic E-state index is 11.2. The van der Waals surface area contributed by atoms with Gasteiger partial charge in [0.25, 0.3) is 0 Å². The van der Waals surface area contributed by atoms with Crippen molar-refractivity contribution < 1.29 is 14.3 Å². The Morgan fingerprint density at radius 2 is 2.00 bits per heavy atom. The molecule has 0 saturated carbocycles. The Kier molecular flexibility index (Phi) is 5.86. The van der Waals surface area contributed by atoms with Gasteiger partial charge in [0.1, 0.15) is 5.76 Å². The van der Waals surface area contributed by atoms with Crippen LogP contribution in [-0.4, -0.2) is 12.8 Å². The summed E-state index contributed by atoms with van der Waals surface area (Å²) in [5.41, 5.74) is 0.992. The van der Waals surface area contributed by atoms with E-state index in [1.807, 2.05) is 37.3 Å². The van der Waals surface area contributed by atoms with Crippen molar-refractivity contribution in [2.75, 3.05) is 6.61 Å².